The van der Waals surface area contributed by atoms with Gasteiger partial charge in [-0.1, -0.05) is 6.92 Å². The second-order valence-electron chi connectivity index (χ2n) is 4.40. The topological polar surface area (TPSA) is 37.4 Å². The van der Waals surface area contributed by atoms with E-state index in [0.29, 0.717) is 11.9 Å². The van der Waals surface area contributed by atoms with Gasteiger partial charge in [0.15, 0.2) is 0 Å². The van der Waals surface area contributed by atoms with Crippen molar-refractivity contribution in [2.24, 2.45) is 0 Å². The molecule has 0 saturated carbocycles. The first-order valence-electron chi connectivity index (χ1n) is 6.32. The molecule has 0 bridgehead atoms. The number of aromatic nitrogens is 1. The maximum absolute atomic E-state index is 5.19. The molecule has 2 rings (SSSR count). The number of ether oxygens (including phenoxy) is 1. The summed E-state index contributed by atoms with van der Waals surface area (Å²) >= 11 is 0. The third kappa shape index (κ3) is 2.88. The molecule has 0 aliphatic carbocycles. The van der Waals surface area contributed by atoms with Crippen molar-refractivity contribution in [3.05, 3.63) is 18.3 Å². The highest BCUT2D eigenvalue weighted by Gasteiger charge is 2.22. The van der Waals surface area contributed by atoms with Gasteiger partial charge in [0.2, 0.25) is 5.88 Å². The molecule has 1 aliphatic heterocycles. The monoisotopic (exact) mass is 235 g/mol. The summed E-state index contributed by atoms with van der Waals surface area (Å²) in [7, 11) is 1.66. The Hall–Kier alpha value is -1.29. The molecule has 0 radical (unpaired) electrons. The molecule has 94 valence electrons. The highest BCUT2D eigenvalue weighted by molar-refractivity contribution is 5.49. The van der Waals surface area contributed by atoms with Crippen molar-refractivity contribution in [2.45, 2.75) is 25.8 Å². The molecule has 1 atom stereocenters. The van der Waals surface area contributed by atoms with E-state index in [1.165, 1.54) is 12.1 Å². The maximum Gasteiger partial charge on any atom is 0.214 e. The van der Waals surface area contributed by atoms with Crippen LogP contribution < -0.4 is 15.0 Å². The molecule has 1 aromatic heterocycles. The second-order valence-corrected chi connectivity index (χ2v) is 4.40. The number of methoxy groups -OCH3 is 1. The highest BCUT2D eigenvalue weighted by Crippen LogP contribution is 2.23. The lowest BCUT2D eigenvalue weighted by atomic mass is 10.2. The van der Waals surface area contributed by atoms with Gasteiger partial charge in [-0.15, -0.1) is 0 Å². The average Bonchev–Trinajstić information content (AvgIpc) is 2.89. The summed E-state index contributed by atoms with van der Waals surface area (Å²) in [5.41, 5.74) is 1.22. The molecule has 1 aliphatic rings. The Morgan fingerprint density at radius 2 is 2.47 bits per heavy atom. The summed E-state index contributed by atoms with van der Waals surface area (Å²) in [4.78, 5) is 6.63. The average molecular weight is 235 g/mol. The van der Waals surface area contributed by atoms with Crippen LogP contribution in [-0.2, 0) is 0 Å². The zero-order valence-corrected chi connectivity index (χ0v) is 10.6. The standard InChI is InChI=1S/C13H21N3O/c1-3-8-16(12-4-6-14-10-12)11-5-7-15-13(9-11)17-2/h5,7,9,12,14H,3-4,6,8,10H2,1-2H3. The molecule has 0 aromatic carbocycles. The number of hydrogen-bond acceptors (Lipinski definition) is 4. The fourth-order valence-electron chi connectivity index (χ4n) is 2.36. The first-order chi connectivity index (χ1) is 8.35. The zero-order valence-electron chi connectivity index (χ0n) is 10.6. The van der Waals surface area contributed by atoms with Crippen LogP contribution in [0.5, 0.6) is 5.88 Å². The molecule has 2 heterocycles. The molecule has 1 unspecified atom stereocenters. The molecule has 17 heavy (non-hydrogen) atoms. The maximum atomic E-state index is 5.19. The molecule has 4 heteroatoms. The van der Waals surface area contributed by atoms with Crippen LogP contribution in [0.15, 0.2) is 18.3 Å². The Bertz CT molecular complexity index is 350. The number of pyridine rings is 1. The Labute approximate surface area is 103 Å². The predicted octanol–water partition coefficient (Wildman–Crippen LogP) is 1.67. The number of anilines is 1. The fraction of sp³-hybridized carbons (Fsp3) is 0.615. The smallest absolute Gasteiger partial charge is 0.214 e. The van der Waals surface area contributed by atoms with Crippen molar-refractivity contribution >= 4 is 5.69 Å². The van der Waals surface area contributed by atoms with Crippen molar-refractivity contribution in [3.8, 4) is 5.88 Å². The summed E-state index contributed by atoms with van der Waals surface area (Å²) in [6, 6.07) is 4.69. The number of rotatable bonds is 5. The van der Waals surface area contributed by atoms with Gasteiger partial charge in [0.25, 0.3) is 0 Å². The lowest BCUT2D eigenvalue weighted by molar-refractivity contribution is 0.397. The van der Waals surface area contributed by atoms with Crippen LogP contribution in [0, 0.1) is 0 Å². The van der Waals surface area contributed by atoms with E-state index in [4.69, 9.17) is 4.74 Å². The quantitative estimate of drug-likeness (QED) is 0.842. The van der Waals surface area contributed by atoms with Gasteiger partial charge in [-0.2, -0.15) is 0 Å². The molecule has 1 aromatic rings. The van der Waals surface area contributed by atoms with E-state index in [-0.39, 0.29) is 0 Å². The van der Waals surface area contributed by atoms with Crippen LogP contribution in [0.25, 0.3) is 0 Å². The third-order valence-electron chi connectivity index (χ3n) is 3.20. The molecule has 0 spiro atoms. The van der Waals surface area contributed by atoms with Crippen LogP contribution in [0.2, 0.25) is 0 Å². The summed E-state index contributed by atoms with van der Waals surface area (Å²) < 4.78 is 5.19. The van der Waals surface area contributed by atoms with Gasteiger partial charge in [-0.3, -0.25) is 0 Å². The normalized spacial score (nSPS) is 19.3. The Balaban J connectivity index is 2.18. The predicted molar refractivity (Wildman–Crippen MR) is 69.7 cm³/mol. The Morgan fingerprint density at radius 1 is 1.59 bits per heavy atom. The van der Waals surface area contributed by atoms with Crippen molar-refractivity contribution in [2.75, 3.05) is 31.6 Å². The van der Waals surface area contributed by atoms with Gasteiger partial charge in [0, 0.05) is 37.1 Å². The molecule has 1 N–H and O–H groups in total. The van der Waals surface area contributed by atoms with E-state index in [1.807, 2.05) is 12.3 Å². The lowest BCUT2D eigenvalue weighted by Crippen LogP contribution is -2.37. The molecule has 1 fully saturated rings. The summed E-state index contributed by atoms with van der Waals surface area (Å²) in [5, 5.41) is 3.42. The van der Waals surface area contributed by atoms with Gasteiger partial charge in [0.1, 0.15) is 0 Å². The number of hydrogen-bond donors (Lipinski definition) is 1. The second kappa shape index (κ2) is 5.87. The first-order valence-corrected chi connectivity index (χ1v) is 6.32. The zero-order chi connectivity index (χ0) is 12.1. The van der Waals surface area contributed by atoms with Crippen LogP contribution >= 0.6 is 0 Å². The van der Waals surface area contributed by atoms with Gasteiger partial charge in [0.05, 0.1) is 7.11 Å². The van der Waals surface area contributed by atoms with E-state index in [2.05, 4.69) is 28.2 Å². The minimum absolute atomic E-state index is 0.599. The van der Waals surface area contributed by atoms with Gasteiger partial charge >= 0.3 is 0 Å². The number of nitrogens with zero attached hydrogens (tertiary/aromatic N) is 2. The lowest BCUT2D eigenvalue weighted by Gasteiger charge is -2.30. The molecule has 4 nitrogen and oxygen atoms in total. The van der Waals surface area contributed by atoms with E-state index in [1.54, 1.807) is 7.11 Å². The van der Waals surface area contributed by atoms with E-state index < -0.39 is 0 Å². The first kappa shape index (κ1) is 12.2. The summed E-state index contributed by atoms with van der Waals surface area (Å²) in [5.74, 6) is 0.689. The molecule has 1 saturated heterocycles. The molecule has 0 amide bonds. The van der Waals surface area contributed by atoms with Crippen molar-refractivity contribution in [1.82, 2.24) is 10.3 Å². The van der Waals surface area contributed by atoms with Gasteiger partial charge < -0.3 is 15.0 Å². The van der Waals surface area contributed by atoms with Gasteiger partial charge in [-0.05, 0) is 25.5 Å². The minimum Gasteiger partial charge on any atom is -0.481 e. The van der Waals surface area contributed by atoms with Crippen molar-refractivity contribution in [3.63, 3.8) is 0 Å². The van der Waals surface area contributed by atoms with Crippen LogP contribution in [0.4, 0.5) is 5.69 Å². The van der Waals surface area contributed by atoms with Gasteiger partial charge in [-0.25, -0.2) is 4.98 Å². The summed E-state index contributed by atoms with van der Waals surface area (Å²) in [6.45, 7) is 5.49. The Morgan fingerprint density at radius 3 is 3.12 bits per heavy atom. The minimum atomic E-state index is 0.599. The van der Waals surface area contributed by atoms with Crippen LogP contribution in [0.3, 0.4) is 0 Å². The van der Waals surface area contributed by atoms with E-state index >= 15 is 0 Å². The highest BCUT2D eigenvalue weighted by atomic mass is 16.5. The fourth-order valence-corrected chi connectivity index (χ4v) is 2.36. The summed E-state index contributed by atoms with van der Waals surface area (Å²) in [6.07, 6.45) is 4.19. The van der Waals surface area contributed by atoms with Crippen molar-refractivity contribution < 1.29 is 4.74 Å². The third-order valence-corrected chi connectivity index (χ3v) is 3.20. The van der Waals surface area contributed by atoms with Crippen molar-refractivity contribution in [1.29, 1.82) is 0 Å². The Kier molecular flexibility index (Phi) is 4.20. The number of nitrogens with one attached hydrogen (secondary N) is 1. The molecular weight excluding hydrogens is 214 g/mol. The van der Waals surface area contributed by atoms with Crippen LogP contribution in [0.1, 0.15) is 19.8 Å². The largest absolute Gasteiger partial charge is 0.481 e. The molecular formula is C13H21N3O. The van der Waals surface area contributed by atoms with E-state index in [0.717, 1.165) is 26.1 Å². The van der Waals surface area contributed by atoms with E-state index in [9.17, 15) is 0 Å². The van der Waals surface area contributed by atoms with Crippen LogP contribution in [-0.4, -0.2) is 37.8 Å². The SMILES string of the molecule is CCCN(c1ccnc(OC)c1)C1CCNC1.